The van der Waals surface area contributed by atoms with Crippen molar-refractivity contribution in [3.8, 4) is 5.75 Å². The second-order valence-corrected chi connectivity index (χ2v) is 8.45. The summed E-state index contributed by atoms with van der Waals surface area (Å²) in [4.78, 5) is 14.6. The Kier molecular flexibility index (Phi) is 5.45. The molecule has 28 heavy (non-hydrogen) atoms. The quantitative estimate of drug-likeness (QED) is 0.600. The van der Waals surface area contributed by atoms with E-state index in [9.17, 15) is 9.90 Å². The molecule has 0 aliphatic carbocycles. The van der Waals surface area contributed by atoms with Crippen molar-refractivity contribution in [3.05, 3.63) is 59.2 Å². The SMILES string of the molecule is CC(C)N1c2ccc(/C=N\NC(=O)c3ccc(O)cc3)cc2[C@H](C)CC1(C)C. The lowest BCUT2D eigenvalue weighted by Gasteiger charge is -2.50. The van der Waals surface area contributed by atoms with Crippen LogP contribution in [0.2, 0.25) is 0 Å². The summed E-state index contributed by atoms with van der Waals surface area (Å²) in [5.74, 6) is 0.275. The molecule has 2 N–H and O–H groups in total. The number of amides is 1. The van der Waals surface area contributed by atoms with E-state index in [1.165, 1.54) is 23.4 Å². The van der Waals surface area contributed by atoms with Crippen molar-refractivity contribution in [2.75, 3.05) is 4.90 Å². The molecule has 2 aromatic rings. The van der Waals surface area contributed by atoms with Crippen LogP contribution in [0.3, 0.4) is 0 Å². The normalized spacial score (nSPS) is 18.4. The Labute approximate surface area is 167 Å². The second-order valence-electron chi connectivity index (χ2n) is 8.45. The van der Waals surface area contributed by atoms with Crippen molar-refractivity contribution in [3.63, 3.8) is 0 Å². The summed E-state index contributed by atoms with van der Waals surface area (Å²) in [6.07, 6.45) is 2.77. The van der Waals surface area contributed by atoms with Gasteiger partial charge >= 0.3 is 0 Å². The van der Waals surface area contributed by atoms with Crippen LogP contribution in [0.5, 0.6) is 5.75 Å². The van der Waals surface area contributed by atoms with Gasteiger partial charge in [0, 0.05) is 22.8 Å². The van der Waals surface area contributed by atoms with Crippen molar-refractivity contribution in [2.24, 2.45) is 5.10 Å². The molecule has 1 amide bonds. The van der Waals surface area contributed by atoms with Gasteiger partial charge in [0.25, 0.3) is 5.91 Å². The third-order valence-electron chi connectivity index (χ3n) is 5.33. The Morgan fingerprint density at radius 1 is 1.25 bits per heavy atom. The highest BCUT2D eigenvalue weighted by atomic mass is 16.3. The zero-order valence-corrected chi connectivity index (χ0v) is 17.2. The average Bonchev–Trinajstić information content (AvgIpc) is 2.61. The zero-order chi connectivity index (χ0) is 20.5. The fraction of sp³-hybridized carbons (Fsp3) is 0.391. The number of anilines is 1. The highest BCUT2D eigenvalue weighted by Gasteiger charge is 2.37. The molecule has 0 aromatic heterocycles. The van der Waals surface area contributed by atoms with Crippen LogP contribution in [-0.2, 0) is 0 Å². The van der Waals surface area contributed by atoms with Crippen LogP contribution in [0.1, 0.15) is 68.4 Å². The number of carbonyl (C=O) groups excluding carboxylic acids is 1. The van der Waals surface area contributed by atoms with E-state index in [1.54, 1.807) is 18.3 Å². The van der Waals surface area contributed by atoms with Crippen LogP contribution < -0.4 is 10.3 Å². The minimum atomic E-state index is -0.310. The number of fused-ring (bicyclic) bond motifs is 1. The highest BCUT2D eigenvalue weighted by molar-refractivity contribution is 5.95. The molecule has 0 saturated heterocycles. The van der Waals surface area contributed by atoms with Gasteiger partial charge < -0.3 is 10.0 Å². The Morgan fingerprint density at radius 3 is 2.57 bits per heavy atom. The third-order valence-corrected chi connectivity index (χ3v) is 5.33. The molecule has 0 saturated carbocycles. The largest absolute Gasteiger partial charge is 0.508 e. The van der Waals surface area contributed by atoms with E-state index >= 15 is 0 Å². The summed E-state index contributed by atoms with van der Waals surface area (Å²) in [6, 6.07) is 12.9. The van der Waals surface area contributed by atoms with Gasteiger partial charge in [0.15, 0.2) is 0 Å². The maximum atomic E-state index is 12.1. The first-order valence-electron chi connectivity index (χ1n) is 9.75. The van der Waals surface area contributed by atoms with E-state index in [0.29, 0.717) is 17.5 Å². The lowest BCUT2D eigenvalue weighted by Crippen LogP contribution is -2.51. The maximum absolute atomic E-state index is 12.1. The summed E-state index contributed by atoms with van der Waals surface area (Å²) < 4.78 is 0. The van der Waals surface area contributed by atoms with Gasteiger partial charge in [-0.1, -0.05) is 13.0 Å². The van der Waals surface area contributed by atoms with E-state index in [4.69, 9.17) is 0 Å². The Hall–Kier alpha value is -2.82. The monoisotopic (exact) mass is 379 g/mol. The summed E-state index contributed by atoms with van der Waals surface area (Å²) >= 11 is 0. The second kappa shape index (κ2) is 7.66. The number of carbonyl (C=O) groups is 1. The van der Waals surface area contributed by atoms with Gasteiger partial charge in [-0.2, -0.15) is 5.10 Å². The molecule has 1 heterocycles. The van der Waals surface area contributed by atoms with E-state index in [-0.39, 0.29) is 17.2 Å². The summed E-state index contributed by atoms with van der Waals surface area (Å²) in [7, 11) is 0. The molecule has 0 spiro atoms. The van der Waals surface area contributed by atoms with E-state index in [1.807, 2.05) is 6.07 Å². The fourth-order valence-electron chi connectivity index (χ4n) is 4.37. The number of nitrogens with one attached hydrogen (secondary N) is 1. The molecule has 0 bridgehead atoms. The van der Waals surface area contributed by atoms with Gasteiger partial charge in [-0.25, -0.2) is 5.43 Å². The lowest BCUT2D eigenvalue weighted by molar-refractivity contribution is 0.0955. The molecule has 3 rings (SSSR count). The summed E-state index contributed by atoms with van der Waals surface area (Å²) in [5, 5.41) is 13.4. The number of hydrogen-bond donors (Lipinski definition) is 2. The number of aromatic hydroxyl groups is 1. The van der Waals surface area contributed by atoms with E-state index in [0.717, 1.165) is 12.0 Å². The molecule has 1 aliphatic heterocycles. The van der Waals surface area contributed by atoms with Crippen LogP contribution >= 0.6 is 0 Å². The van der Waals surface area contributed by atoms with Crippen LogP contribution in [-0.4, -0.2) is 28.8 Å². The van der Waals surface area contributed by atoms with E-state index in [2.05, 4.69) is 62.2 Å². The lowest BCUT2D eigenvalue weighted by atomic mass is 9.79. The topological polar surface area (TPSA) is 64.9 Å². The van der Waals surface area contributed by atoms with Crippen LogP contribution in [0.4, 0.5) is 5.69 Å². The third kappa shape index (κ3) is 4.03. The van der Waals surface area contributed by atoms with Crippen LogP contribution in [0, 0.1) is 0 Å². The van der Waals surface area contributed by atoms with E-state index < -0.39 is 0 Å². The number of benzene rings is 2. The highest BCUT2D eigenvalue weighted by Crippen LogP contribution is 2.44. The predicted molar refractivity (Wildman–Crippen MR) is 114 cm³/mol. The molecule has 148 valence electrons. The molecule has 1 atom stereocenters. The number of phenolic OH excluding ortho intramolecular Hbond substituents is 1. The van der Waals surface area contributed by atoms with Gasteiger partial charge in [0.2, 0.25) is 0 Å². The number of phenols is 1. The Morgan fingerprint density at radius 2 is 1.93 bits per heavy atom. The predicted octanol–water partition coefficient (Wildman–Crippen LogP) is 4.66. The smallest absolute Gasteiger partial charge is 0.271 e. The first-order valence-corrected chi connectivity index (χ1v) is 9.75. The fourth-order valence-corrected chi connectivity index (χ4v) is 4.37. The summed E-state index contributed by atoms with van der Waals surface area (Å²) in [5.41, 5.74) is 6.67. The molecule has 1 aliphatic rings. The van der Waals surface area contributed by atoms with Gasteiger partial charge in [0.05, 0.1) is 6.21 Å². The average molecular weight is 380 g/mol. The standard InChI is InChI=1S/C23H29N3O2/c1-15(2)26-21-11-6-17(12-20(21)16(3)13-23(26,4)5)14-24-25-22(28)18-7-9-19(27)10-8-18/h6-12,14-16,27H,13H2,1-5H3,(H,25,28)/b24-14-/t16-/m1/s1. The Balaban J connectivity index is 1.78. The maximum Gasteiger partial charge on any atom is 0.271 e. The first-order chi connectivity index (χ1) is 13.2. The van der Waals surface area contributed by atoms with Crippen molar-refractivity contribution < 1.29 is 9.90 Å². The molecular weight excluding hydrogens is 350 g/mol. The molecule has 5 nitrogen and oxygen atoms in total. The van der Waals surface area contributed by atoms with Gasteiger partial charge in [-0.05, 0) is 87.6 Å². The molecule has 0 radical (unpaired) electrons. The van der Waals surface area contributed by atoms with Crippen molar-refractivity contribution >= 4 is 17.8 Å². The van der Waals surface area contributed by atoms with Crippen molar-refractivity contribution in [1.29, 1.82) is 0 Å². The number of rotatable bonds is 4. The van der Waals surface area contributed by atoms with Crippen LogP contribution in [0.25, 0.3) is 0 Å². The van der Waals surface area contributed by atoms with Crippen LogP contribution in [0.15, 0.2) is 47.6 Å². The van der Waals surface area contributed by atoms with Crippen molar-refractivity contribution in [1.82, 2.24) is 5.43 Å². The molecule has 5 heteroatoms. The zero-order valence-electron chi connectivity index (χ0n) is 17.2. The molecule has 0 unspecified atom stereocenters. The van der Waals surface area contributed by atoms with Crippen molar-refractivity contribution in [2.45, 2.75) is 58.5 Å². The van der Waals surface area contributed by atoms with Gasteiger partial charge in [-0.15, -0.1) is 0 Å². The molecule has 2 aromatic carbocycles. The number of hydrazone groups is 1. The first kappa shape index (κ1) is 19.9. The number of hydrogen-bond acceptors (Lipinski definition) is 4. The summed E-state index contributed by atoms with van der Waals surface area (Å²) in [6.45, 7) is 11.3. The molecular formula is C23H29N3O2. The van der Waals surface area contributed by atoms with Gasteiger partial charge in [-0.3, -0.25) is 4.79 Å². The minimum absolute atomic E-state index is 0.119. The van der Waals surface area contributed by atoms with Gasteiger partial charge in [0.1, 0.15) is 5.75 Å². The Bertz CT molecular complexity index is 885. The minimum Gasteiger partial charge on any atom is -0.508 e. The number of nitrogens with zero attached hydrogens (tertiary/aromatic N) is 2. The molecule has 0 fully saturated rings.